The highest BCUT2D eigenvalue weighted by Crippen LogP contribution is 2.26. The van der Waals surface area contributed by atoms with Crippen LogP contribution >= 0.6 is 15.9 Å². The third-order valence-electron chi connectivity index (χ3n) is 3.46. The van der Waals surface area contributed by atoms with Crippen molar-refractivity contribution < 1.29 is 4.74 Å². The minimum absolute atomic E-state index is 0.488. The minimum Gasteiger partial charge on any atom is -0.485 e. The van der Waals surface area contributed by atoms with E-state index in [0.29, 0.717) is 12.6 Å². The summed E-state index contributed by atoms with van der Waals surface area (Å²) in [5.41, 5.74) is 1.18. The molecule has 0 aliphatic heterocycles. The second-order valence-electron chi connectivity index (χ2n) is 5.15. The molecule has 1 aliphatic carbocycles. The monoisotopic (exact) mass is 335 g/mol. The van der Waals surface area contributed by atoms with E-state index in [1.807, 2.05) is 29.9 Å². The largest absolute Gasteiger partial charge is 0.485 e. The number of rotatable bonds is 6. The Labute approximate surface area is 127 Å². The van der Waals surface area contributed by atoms with Gasteiger partial charge in [-0.2, -0.15) is 0 Å². The molecule has 0 amide bonds. The van der Waals surface area contributed by atoms with E-state index in [9.17, 15) is 0 Å². The van der Waals surface area contributed by atoms with E-state index in [1.54, 1.807) is 6.20 Å². The first kappa shape index (κ1) is 13.6. The molecule has 0 saturated heterocycles. The Morgan fingerprint density at radius 1 is 1.45 bits per heavy atom. The summed E-state index contributed by atoms with van der Waals surface area (Å²) in [6, 6.07) is 6.82. The molecule has 106 valence electrons. The van der Waals surface area contributed by atoms with Crippen LogP contribution in [0.4, 0.5) is 0 Å². The van der Waals surface area contributed by atoms with Crippen molar-refractivity contribution in [1.82, 2.24) is 14.9 Å². The van der Waals surface area contributed by atoms with Crippen LogP contribution in [-0.2, 0) is 20.2 Å². The summed E-state index contributed by atoms with van der Waals surface area (Å²) >= 11 is 3.52. The Bertz CT molecular complexity index is 593. The van der Waals surface area contributed by atoms with Crippen LogP contribution in [0.5, 0.6) is 5.75 Å². The van der Waals surface area contributed by atoms with E-state index in [0.717, 1.165) is 22.6 Å². The van der Waals surface area contributed by atoms with Gasteiger partial charge in [0.05, 0.1) is 0 Å². The molecule has 0 bridgehead atoms. The number of hydrogen-bond acceptors (Lipinski definition) is 3. The summed E-state index contributed by atoms with van der Waals surface area (Å²) in [6.07, 6.45) is 6.29. The highest BCUT2D eigenvalue weighted by molar-refractivity contribution is 9.10. The van der Waals surface area contributed by atoms with Crippen molar-refractivity contribution >= 4 is 15.9 Å². The number of ether oxygens (including phenoxy) is 1. The van der Waals surface area contributed by atoms with Gasteiger partial charge in [0, 0.05) is 42.1 Å². The normalized spacial score (nSPS) is 14.5. The van der Waals surface area contributed by atoms with E-state index in [2.05, 4.69) is 32.3 Å². The molecular formula is C15H18BrN3O. The van der Waals surface area contributed by atoms with Crippen molar-refractivity contribution in [2.24, 2.45) is 7.05 Å². The number of hydrogen-bond donors (Lipinski definition) is 1. The van der Waals surface area contributed by atoms with Crippen LogP contribution in [-0.4, -0.2) is 15.6 Å². The van der Waals surface area contributed by atoms with Crippen molar-refractivity contribution in [3.63, 3.8) is 0 Å². The van der Waals surface area contributed by atoms with Crippen molar-refractivity contribution in [3.05, 3.63) is 46.5 Å². The average Bonchev–Trinajstić information content (AvgIpc) is 3.18. The zero-order chi connectivity index (χ0) is 13.9. The highest BCUT2D eigenvalue weighted by atomic mass is 79.9. The first-order chi connectivity index (χ1) is 9.72. The van der Waals surface area contributed by atoms with Gasteiger partial charge in [0.1, 0.15) is 18.2 Å². The van der Waals surface area contributed by atoms with E-state index >= 15 is 0 Å². The standard InChI is InChI=1S/C15H18BrN3O/c1-19-7-6-17-15(19)10-20-14-5-2-12(16)8-11(14)9-18-13-3-4-13/h2,5-8,13,18H,3-4,9-10H2,1H3. The zero-order valence-corrected chi connectivity index (χ0v) is 13.1. The maximum Gasteiger partial charge on any atom is 0.146 e. The molecule has 0 unspecified atom stereocenters. The Morgan fingerprint density at radius 3 is 3.00 bits per heavy atom. The maximum absolute atomic E-state index is 5.93. The Balaban J connectivity index is 1.68. The van der Waals surface area contributed by atoms with Crippen LogP contribution in [0.25, 0.3) is 0 Å². The van der Waals surface area contributed by atoms with Crippen molar-refractivity contribution in [2.45, 2.75) is 32.0 Å². The average molecular weight is 336 g/mol. The third kappa shape index (κ3) is 3.41. The van der Waals surface area contributed by atoms with Gasteiger partial charge >= 0.3 is 0 Å². The molecule has 5 heteroatoms. The molecule has 1 aromatic heterocycles. The number of nitrogens with one attached hydrogen (secondary N) is 1. The molecule has 1 aliphatic rings. The molecular weight excluding hydrogens is 318 g/mol. The summed E-state index contributed by atoms with van der Waals surface area (Å²) in [5, 5.41) is 3.52. The van der Waals surface area contributed by atoms with Crippen LogP contribution in [0.1, 0.15) is 24.2 Å². The summed E-state index contributed by atoms with van der Waals surface area (Å²) < 4.78 is 8.98. The molecule has 2 aromatic rings. The fraction of sp³-hybridized carbons (Fsp3) is 0.400. The topological polar surface area (TPSA) is 39.1 Å². The van der Waals surface area contributed by atoms with Crippen LogP contribution in [0.2, 0.25) is 0 Å². The number of aromatic nitrogens is 2. The maximum atomic E-state index is 5.93. The molecule has 1 saturated carbocycles. The van der Waals surface area contributed by atoms with Gasteiger partial charge in [-0.05, 0) is 31.0 Å². The zero-order valence-electron chi connectivity index (χ0n) is 11.5. The molecule has 0 radical (unpaired) electrons. The smallest absolute Gasteiger partial charge is 0.146 e. The van der Waals surface area contributed by atoms with Gasteiger partial charge in [-0.3, -0.25) is 0 Å². The third-order valence-corrected chi connectivity index (χ3v) is 3.95. The van der Waals surface area contributed by atoms with Crippen LogP contribution < -0.4 is 10.1 Å². The Hall–Kier alpha value is -1.33. The fourth-order valence-corrected chi connectivity index (χ4v) is 2.46. The molecule has 1 heterocycles. The molecule has 1 aromatic carbocycles. The summed E-state index contributed by atoms with van der Waals surface area (Å²) in [7, 11) is 1.98. The number of benzene rings is 1. The first-order valence-corrected chi connectivity index (χ1v) is 7.62. The van der Waals surface area contributed by atoms with Crippen molar-refractivity contribution in [2.75, 3.05) is 0 Å². The number of halogens is 1. The second-order valence-corrected chi connectivity index (χ2v) is 6.07. The molecule has 4 nitrogen and oxygen atoms in total. The lowest BCUT2D eigenvalue weighted by atomic mass is 10.2. The van der Waals surface area contributed by atoms with E-state index in [4.69, 9.17) is 4.74 Å². The summed E-state index contributed by atoms with van der Waals surface area (Å²) in [4.78, 5) is 4.28. The summed E-state index contributed by atoms with van der Waals surface area (Å²) in [6.45, 7) is 1.33. The SMILES string of the molecule is Cn1ccnc1COc1ccc(Br)cc1CNC1CC1. The molecule has 20 heavy (non-hydrogen) atoms. The highest BCUT2D eigenvalue weighted by Gasteiger charge is 2.20. The van der Waals surface area contributed by atoms with Gasteiger partial charge in [-0.1, -0.05) is 15.9 Å². The van der Waals surface area contributed by atoms with Gasteiger partial charge in [-0.25, -0.2) is 4.98 Å². The predicted octanol–water partition coefficient (Wildman–Crippen LogP) is 3.01. The lowest BCUT2D eigenvalue weighted by Crippen LogP contribution is -2.16. The van der Waals surface area contributed by atoms with E-state index < -0.39 is 0 Å². The lowest BCUT2D eigenvalue weighted by Gasteiger charge is -2.12. The second kappa shape index (κ2) is 5.97. The Kier molecular flexibility index (Phi) is 4.08. The van der Waals surface area contributed by atoms with Crippen molar-refractivity contribution in [3.8, 4) is 5.75 Å². The van der Waals surface area contributed by atoms with E-state index in [1.165, 1.54) is 18.4 Å². The molecule has 1 N–H and O–H groups in total. The van der Waals surface area contributed by atoms with Crippen LogP contribution in [0.3, 0.4) is 0 Å². The number of aryl methyl sites for hydroxylation is 1. The van der Waals surface area contributed by atoms with Crippen LogP contribution in [0.15, 0.2) is 35.1 Å². The molecule has 0 spiro atoms. The minimum atomic E-state index is 0.488. The van der Waals surface area contributed by atoms with Crippen LogP contribution in [0, 0.1) is 0 Å². The first-order valence-electron chi connectivity index (χ1n) is 6.83. The van der Waals surface area contributed by atoms with Gasteiger partial charge in [0.15, 0.2) is 0 Å². The van der Waals surface area contributed by atoms with Gasteiger partial charge in [0.2, 0.25) is 0 Å². The van der Waals surface area contributed by atoms with Crippen molar-refractivity contribution in [1.29, 1.82) is 0 Å². The van der Waals surface area contributed by atoms with Gasteiger partial charge in [0.25, 0.3) is 0 Å². The number of imidazole rings is 1. The number of nitrogens with zero attached hydrogens (tertiary/aromatic N) is 2. The Morgan fingerprint density at radius 2 is 2.30 bits per heavy atom. The molecule has 0 atom stereocenters. The molecule has 3 rings (SSSR count). The molecule has 1 fully saturated rings. The fourth-order valence-electron chi connectivity index (χ4n) is 2.05. The predicted molar refractivity (Wildman–Crippen MR) is 81.5 cm³/mol. The summed E-state index contributed by atoms with van der Waals surface area (Å²) in [5.74, 6) is 1.85. The van der Waals surface area contributed by atoms with E-state index in [-0.39, 0.29) is 0 Å². The lowest BCUT2D eigenvalue weighted by molar-refractivity contribution is 0.288. The van der Waals surface area contributed by atoms with Gasteiger partial charge in [-0.15, -0.1) is 0 Å². The quantitative estimate of drug-likeness (QED) is 0.881. The van der Waals surface area contributed by atoms with Gasteiger partial charge < -0.3 is 14.6 Å².